The third kappa shape index (κ3) is 6.59. The van der Waals surface area contributed by atoms with Crippen molar-refractivity contribution in [2.24, 2.45) is 5.92 Å². The molecule has 2 unspecified atom stereocenters. The largest absolute Gasteiger partial charge is 0.385 e. The normalized spacial score (nSPS) is 16.8. The number of hydrogen-bond donors (Lipinski definition) is 1. The van der Waals surface area contributed by atoms with Crippen molar-refractivity contribution in [1.82, 2.24) is 34.3 Å². The molecule has 5 heterocycles. The van der Waals surface area contributed by atoms with Gasteiger partial charge in [0, 0.05) is 66.4 Å². The summed E-state index contributed by atoms with van der Waals surface area (Å²) in [6, 6.07) is 10.1. The Morgan fingerprint density at radius 3 is 2.67 bits per heavy atom. The van der Waals surface area contributed by atoms with E-state index in [-0.39, 0.29) is 22.5 Å². The summed E-state index contributed by atoms with van der Waals surface area (Å²) in [7, 11) is 1.66. The molecule has 1 aromatic carbocycles. The molecule has 0 saturated carbocycles. The minimum absolute atomic E-state index is 0.0837. The average Bonchev–Trinajstić information content (AvgIpc) is 3.65. The lowest BCUT2D eigenvalue weighted by atomic mass is 9.96. The fraction of sp³-hybridized carbons (Fsp3) is 0.312. The molecule has 1 aliphatic heterocycles. The molecule has 238 valence electrons. The van der Waals surface area contributed by atoms with Gasteiger partial charge in [0.15, 0.2) is 5.15 Å². The molecule has 14 heteroatoms. The van der Waals surface area contributed by atoms with Gasteiger partial charge in [0.25, 0.3) is 5.56 Å². The predicted molar refractivity (Wildman–Crippen MR) is 178 cm³/mol. The zero-order chi connectivity index (χ0) is 32.4. The molecule has 0 fully saturated rings. The van der Waals surface area contributed by atoms with Crippen molar-refractivity contribution in [2.45, 2.75) is 45.2 Å². The van der Waals surface area contributed by atoms with Gasteiger partial charge in [-0.3, -0.25) is 19.3 Å². The van der Waals surface area contributed by atoms with Crippen LogP contribution in [0.25, 0.3) is 28.1 Å². The van der Waals surface area contributed by atoms with E-state index in [4.69, 9.17) is 44.5 Å². The van der Waals surface area contributed by atoms with Gasteiger partial charge in [-0.15, -0.1) is 5.10 Å². The third-order valence-electron chi connectivity index (χ3n) is 8.10. The molecule has 46 heavy (non-hydrogen) atoms. The molecule has 2 bridgehead atoms. The Kier molecular flexibility index (Phi) is 9.55. The summed E-state index contributed by atoms with van der Waals surface area (Å²) in [5.74, 6) is -0.343. The Hall–Kier alpha value is -4.03. The fourth-order valence-corrected chi connectivity index (χ4v) is 6.34. The van der Waals surface area contributed by atoms with Crippen LogP contribution in [0.2, 0.25) is 15.2 Å². The van der Waals surface area contributed by atoms with Gasteiger partial charge in [-0.25, -0.2) is 4.68 Å². The van der Waals surface area contributed by atoms with Crippen LogP contribution in [-0.2, 0) is 16.1 Å². The number of halogens is 3. The molecule has 0 aliphatic carbocycles. The minimum atomic E-state index is -0.449. The van der Waals surface area contributed by atoms with Gasteiger partial charge >= 0.3 is 0 Å². The maximum absolute atomic E-state index is 13.9. The van der Waals surface area contributed by atoms with Gasteiger partial charge < -0.3 is 14.6 Å². The molecular formula is C32H31Cl3N8O3. The molecule has 5 aromatic rings. The maximum atomic E-state index is 13.9. The summed E-state index contributed by atoms with van der Waals surface area (Å²) < 4.78 is 10.2. The molecule has 4 aromatic heterocycles. The molecule has 0 spiro atoms. The Bertz CT molecular complexity index is 1950. The lowest BCUT2D eigenvalue weighted by Crippen LogP contribution is -2.27. The van der Waals surface area contributed by atoms with E-state index in [1.165, 1.54) is 10.7 Å². The van der Waals surface area contributed by atoms with Crippen LogP contribution in [0.3, 0.4) is 0 Å². The number of aromatic nitrogens is 7. The van der Waals surface area contributed by atoms with Crippen LogP contribution in [0.15, 0.2) is 66.0 Å². The lowest BCUT2D eigenvalue weighted by Gasteiger charge is -2.23. The molecule has 2 atom stereocenters. The van der Waals surface area contributed by atoms with Crippen LogP contribution in [0.5, 0.6) is 0 Å². The Labute approximate surface area is 280 Å². The molecule has 0 radical (unpaired) electrons. The third-order valence-corrected chi connectivity index (χ3v) is 8.81. The number of fused-ring (bicyclic) bond motifs is 4. The number of ether oxygens (including phenoxy) is 1. The number of benzene rings is 1. The average molecular weight is 682 g/mol. The number of aryl methyl sites for hydroxylation is 1. The second-order valence-electron chi connectivity index (χ2n) is 11.2. The van der Waals surface area contributed by atoms with E-state index in [2.05, 4.69) is 20.7 Å². The quantitative estimate of drug-likeness (QED) is 0.190. The van der Waals surface area contributed by atoms with Crippen LogP contribution in [0.1, 0.15) is 44.3 Å². The number of amides is 1. The van der Waals surface area contributed by atoms with E-state index in [1.54, 1.807) is 54.7 Å². The highest BCUT2D eigenvalue weighted by Crippen LogP contribution is 2.36. The van der Waals surface area contributed by atoms with Gasteiger partial charge in [0.05, 0.1) is 46.2 Å². The summed E-state index contributed by atoms with van der Waals surface area (Å²) in [6.07, 6.45) is 9.18. The van der Waals surface area contributed by atoms with Gasteiger partial charge in [-0.2, -0.15) is 5.10 Å². The van der Waals surface area contributed by atoms with Crippen LogP contribution in [0.4, 0.5) is 5.69 Å². The highest BCUT2D eigenvalue weighted by molar-refractivity contribution is 6.34. The summed E-state index contributed by atoms with van der Waals surface area (Å²) in [5.41, 5.74) is 4.31. The fourth-order valence-electron chi connectivity index (χ4n) is 5.78. The predicted octanol–water partition coefficient (Wildman–Crippen LogP) is 6.70. The molecule has 1 amide bonds. The Morgan fingerprint density at radius 2 is 1.89 bits per heavy atom. The van der Waals surface area contributed by atoms with E-state index < -0.39 is 6.04 Å². The van der Waals surface area contributed by atoms with Gasteiger partial charge in [-0.05, 0) is 49.6 Å². The zero-order valence-electron chi connectivity index (χ0n) is 25.2. The van der Waals surface area contributed by atoms with Crippen molar-refractivity contribution in [2.75, 3.05) is 19.0 Å². The monoisotopic (exact) mass is 680 g/mol. The lowest BCUT2D eigenvalue weighted by molar-refractivity contribution is -0.119. The Morgan fingerprint density at radius 1 is 1.04 bits per heavy atom. The van der Waals surface area contributed by atoms with Crippen LogP contribution in [0, 0.1) is 5.92 Å². The number of carbonyl (C=O) groups excluding carboxylic acids is 1. The first-order valence-corrected chi connectivity index (χ1v) is 16.0. The molecule has 11 nitrogen and oxygen atoms in total. The number of nitrogens with one attached hydrogen (secondary N) is 1. The van der Waals surface area contributed by atoms with E-state index in [0.717, 1.165) is 17.7 Å². The van der Waals surface area contributed by atoms with E-state index in [1.807, 2.05) is 23.7 Å². The van der Waals surface area contributed by atoms with Crippen molar-refractivity contribution in [3.8, 4) is 28.1 Å². The summed E-state index contributed by atoms with van der Waals surface area (Å²) in [6.45, 7) is 3.07. The summed E-state index contributed by atoms with van der Waals surface area (Å²) in [4.78, 5) is 31.9. The number of nitrogens with zero attached hydrogens (tertiary/aromatic N) is 7. The minimum Gasteiger partial charge on any atom is -0.385 e. The number of hydrogen-bond acceptors (Lipinski definition) is 7. The number of methoxy groups -OCH3 is 1. The first kappa shape index (κ1) is 31.9. The van der Waals surface area contributed by atoms with Crippen molar-refractivity contribution in [1.29, 1.82) is 0 Å². The molecular weight excluding hydrogens is 651 g/mol. The van der Waals surface area contributed by atoms with Gasteiger partial charge in [0.1, 0.15) is 0 Å². The highest BCUT2D eigenvalue weighted by Gasteiger charge is 2.25. The van der Waals surface area contributed by atoms with Crippen molar-refractivity contribution >= 4 is 46.4 Å². The zero-order valence-corrected chi connectivity index (χ0v) is 27.4. The van der Waals surface area contributed by atoms with E-state index in [0.29, 0.717) is 70.7 Å². The number of pyridine rings is 2. The molecule has 1 N–H and O–H groups in total. The van der Waals surface area contributed by atoms with Crippen molar-refractivity contribution < 1.29 is 9.53 Å². The molecule has 6 rings (SSSR count). The molecule has 1 aliphatic rings. The van der Waals surface area contributed by atoms with Crippen LogP contribution < -0.4 is 10.9 Å². The Balaban J connectivity index is 1.45. The SMILES string of the molecule is COCCCn1ncc2c1-c1ccnc(c1)C(n1cc(Cl)c(-c3cc(Cl)ccc3-n3cc(Cl)nn3)cc1=O)CCCC(C)C(=O)N2. The topological polar surface area (TPSA) is 122 Å². The second-order valence-corrected chi connectivity index (χ2v) is 12.4. The van der Waals surface area contributed by atoms with Gasteiger partial charge in [0.2, 0.25) is 5.91 Å². The summed E-state index contributed by atoms with van der Waals surface area (Å²) >= 11 is 19.4. The first-order chi connectivity index (χ1) is 22.2. The second kappa shape index (κ2) is 13.8. The number of carbonyl (C=O) groups is 1. The number of rotatable bonds is 7. The maximum Gasteiger partial charge on any atom is 0.251 e. The standard InChI is InChI=1S/C32H31Cl3N8O3/c1-19-5-3-6-28(25-13-20(9-10-36-25)31-26(38-32(19)45)16-37-42(31)11-4-12-46-2)41-17-24(34)22(15-30(41)44)23-14-21(33)7-8-27(23)43-18-29(35)39-40-43/h7-10,13-19,28H,3-6,11-12H2,1-2H3,(H,38,45). The smallest absolute Gasteiger partial charge is 0.251 e. The first-order valence-electron chi connectivity index (χ1n) is 14.8. The van der Waals surface area contributed by atoms with Crippen molar-refractivity contribution in [3.05, 3.63) is 92.4 Å². The van der Waals surface area contributed by atoms with Crippen molar-refractivity contribution in [3.63, 3.8) is 0 Å². The van der Waals surface area contributed by atoms with E-state index in [9.17, 15) is 9.59 Å². The molecule has 0 saturated heterocycles. The number of anilines is 1. The van der Waals surface area contributed by atoms with Crippen LogP contribution >= 0.6 is 34.8 Å². The summed E-state index contributed by atoms with van der Waals surface area (Å²) in [5, 5.41) is 16.6. The van der Waals surface area contributed by atoms with Crippen LogP contribution in [-0.4, -0.2) is 53.9 Å². The van der Waals surface area contributed by atoms with Gasteiger partial charge in [-0.1, -0.05) is 53.4 Å². The van der Waals surface area contributed by atoms with E-state index >= 15 is 0 Å². The highest BCUT2D eigenvalue weighted by atomic mass is 35.5.